The summed E-state index contributed by atoms with van der Waals surface area (Å²) in [4.78, 5) is -0.232. The van der Waals surface area contributed by atoms with E-state index in [9.17, 15) is 17.2 Å². The fourth-order valence-electron chi connectivity index (χ4n) is 3.81. The van der Waals surface area contributed by atoms with Crippen molar-refractivity contribution in [3.8, 4) is 0 Å². The van der Waals surface area contributed by atoms with Crippen molar-refractivity contribution in [3.05, 3.63) is 29.8 Å². The monoisotopic (exact) mass is 419 g/mol. The minimum Gasteiger partial charge on any atom is -0.379 e. The van der Waals surface area contributed by atoms with Crippen LogP contribution in [0.1, 0.15) is 32.6 Å². The van der Waals surface area contributed by atoms with Crippen LogP contribution in [-0.2, 0) is 24.2 Å². The van der Waals surface area contributed by atoms with Gasteiger partial charge in [0, 0.05) is 32.7 Å². The molecule has 158 valence electrons. The highest BCUT2D eigenvalue weighted by molar-refractivity contribution is 7.89. The molecular weight excluding hydrogens is 392 g/mol. The van der Waals surface area contributed by atoms with E-state index >= 15 is 0 Å². The van der Waals surface area contributed by atoms with Crippen molar-refractivity contribution in [2.45, 2.75) is 49.2 Å². The van der Waals surface area contributed by atoms with Gasteiger partial charge < -0.3 is 14.2 Å². The first-order chi connectivity index (χ1) is 13.4. The van der Waals surface area contributed by atoms with E-state index in [4.69, 9.17) is 14.2 Å². The molecule has 0 aromatic heterocycles. The smallest absolute Gasteiger partial charge is 0.243 e. The molecule has 1 spiro atoms. The van der Waals surface area contributed by atoms with Gasteiger partial charge in [0.2, 0.25) is 10.0 Å². The lowest BCUT2D eigenvalue weighted by Gasteiger charge is -2.45. The summed E-state index contributed by atoms with van der Waals surface area (Å²) in [6.07, 6.45) is 2.69. The molecule has 0 aliphatic carbocycles. The lowest BCUT2D eigenvalue weighted by atomic mass is 9.84. The highest BCUT2D eigenvalue weighted by Gasteiger charge is 2.43. The average molecular weight is 419 g/mol. The van der Waals surface area contributed by atoms with Crippen LogP contribution in [0.25, 0.3) is 0 Å². The third kappa shape index (κ3) is 4.88. The summed E-state index contributed by atoms with van der Waals surface area (Å²) >= 11 is 0. The maximum Gasteiger partial charge on any atom is 0.243 e. The van der Waals surface area contributed by atoms with Crippen molar-refractivity contribution >= 4 is 10.0 Å². The number of benzene rings is 1. The molecule has 28 heavy (non-hydrogen) atoms. The van der Waals surface area contributed by atoms with E-state index in [0.717, 1.165) is 31.0 Å². The summed E-state index contributed by atoms with van der Waals surface area (Å²) in [5, 5.41) is 0. The fraction of sp³-hybridized carbons (Fsp3) is 0.684. The number of hydrogen-bond donors (Lipinski definition) is 0. The standard InChI is InChI=1S/C19H27F2NO5S/c1-2-25-11-12-26-15-5-10-27-19(14-15)6-8-22(9-7-19)28(23,24)16-3-4-17(20)18(21)13-16/h3-4,13,15H,2,5-12,14H2,1H3. The molecule has 9 heteroatoms. The van der Waals surface area contributed by atoms with Crippen molar-refractivity contribution in [1.82, 2.24) is 4.31 Å². The zero-order valence-electron chi connectivity index (χ0n) is 16.0. The molecular formula is C19H27F2NO5S. The summed E-state index contributed by atoms with van der Waals surface area (Å²) in [5.41, 5.74) is -0.394. The zero-order chi connectivity index (χ0) is 20.2. The van der Waals surface area contributed by atoms with E-state index in [1.807, 2.05) is 6.92 Å². The van der Waals surface area contributed by atoms with Gasteiger partial charge in [-0.3, -0.25) is 0 Å². The molecule has 2 saturated heterocycles. The van der Waals surface area contributed by atoms with Crippen LogP contribution in [0.3, 0.4) is 0 Å². The Morgan fingerprint density at radius 3 is 2.64 bits per heavy atom. The van der Waals surface area contributed by atoms with Crippen LogP contribution < -0.4 is 0 Å². The van der Waals surface area contributed by atoms with E-state index in [1.54, 1.807) is 0 Å². The van der Waals surface area contributed by atoms with Gasteiger partial charge in [-0.1, -0.05) is 0 Å². The topological polar surface area (TPSA) is 65.1 Å². The first-order valence-electron chi connectivity index (χ1n) is 9.65. The molecule has 1 atom stereocenters. The Bertz CT molecular complexity index is 766. The van der Waals surface area contributed by atoms with Crippen LogP contribution in [0.5, 0.6) is 0 Å². The van der Waals surface area contributed by atoms with Gasteiger partial charge in [-0.15, -0.1) is 0 Å². The Hall–Kier alpha value is -1.13. The minimum atomic E-state index is -3.87. The van der Waals surface area contributed by atoms with Gasteiger partial charge in [0.15, 0.2) is 11.6 Å². The lowest BCUT2D eigenvalue weighted by Crippen LogP contribution is -2.52. The van der Waals surface area contributed by atoms with E-state index in [-0.39, 0.29) is 24.1 Å². The number of halogens is 2. The van der Waals surface area contributed by atoms with Crippen molar-refractivity contribution in [1.29, 1.82) is 0 Å². The molecule has 0 bridgehead atoms. The van der Waals surface area contributed by atoms with Gasteiger partial charge in [0.1, 0.15) is 0 Å². The molecule has 2 aliphatic heterocycles. The Morgan fingerprint density at radius 1 is 1.21 bits per heavy atom. The lowest BCUT2D eigenvalue weighted by molar-refractivity contribution is -0.153. The van der Waals surface area contributed by atoms with E-state index in [0.29, 0.717) is 39.3 Å². The van der Waals surface area contributed by atoms with Crippen LogP contribution >= 0.6 is 0 Å². The van der Waals surface area contributed by atoms with Crippen LogP contribution in [0.15, 0.2) is 23.1 Å². The van der Waals surface area contributed by atoms with Crippen molar-refractivity contribution in [3.63, 3.8) is 0 Å². The van der Waals surface area contributed by atoms with E-state index in [2.05, 4.69) is 0 Å². The SMILES string of the molecule is CCOCCOC1CCOC2(CCN(S(=O)(=O)c3ccc(F)c(F)c3)CC2)C1. The molecule has 0 N–H and O–H groups in total. The molecule has 2 fully saturated rings. The summed E-state index contributed by atoms with van der Waals surface area (Å²) in [6.45, 7) is 4.80. The molecule has 1 unspecified atom stereocenters. The normalized spacial score (nSPS) is 23.2. The van der Waals surface area contributed by atoms with Crippen LogP contribution in [0, 0.1) is 11.6 Å². The molecule has 3 rings (SSSR count). The molecule has 2 heterocycles. The summed E-state index contributed by atoms with van der Waals surface area (Å²) in [6, 6.07) is 2.66. The predicted molar refractivity (Wildman–Crippen MR) is 98.5 cm³/mol. The van der Waals surface area contributed by atoms with Crippen molar-refractivity contribution < 1.29 is 31.4 Å². The molecule has 6 nitrogen and oxygen atoms in total. The van der Waals surface area contributed by atoms with Gasteiger partial charge >= 0.3 is 0 Å². The van der Waals surface area contributed by atoms with E-state index in [1.165, 1.54) is 4.31 Å². The third-order valence-electron chi connectivity index (χ3n) is 5.40. The molecule has 1 aromatic carbocycles. The summed E-state index contributed by atoms with van der Waals surface area (Å²) in [7, 11) is -3.87. The summed E-state index contributed by atoms with van der Waals surface area (Å²) < 4.78 is 70.6. The second-order valence-electron chi connectivity index (χ2n) is 7.19. The number of nitrogens with zero attached hydrogens (tertiary/aromatic N) is 1. The van der Waals surface area contributed by atoms with Gasteiger partial charge in [-0.05, 0) is 44.4 Å². The average Bonchev–Trinajstić information content (AvgIpc) is 2.68. The largest absolute Gasteiger partial charge is 0.379 e. The minimum absolute atomic E-state index is 0.0727. The number of rotatable bonds is 7. The fourth-order valence-corrected chi connectivity index (χ4v) is 5.27. The van der Waals surface area contributed by atoms with Crippen LogP contribution in [-0.4, -0.2) is 63.9 Å². The van der Waals surface area contributed by atoms with Gasteiger partial charge in [0.25, 0.3) is 0 Å². The first-order valence-corrected chi connectivity index (χ1v) is 11.1. The second-order valence-corrected chi connectivity index (χ2v) is 9.13. The number of hydrogen-bond acceptors (Lipinski definition) is 5. The molecule has 1 aromatic rings. The van der Waals surface area contributed by atoms with Crippen LogP contribution in [0.2, 0.25) is 0 Å². The second kappa shape index (κ2) is 9.13. The Morgan fingerprint density at radius 2 is 1.96 bits per heavy atom. The van der Waals surface area contributed by atoms with Gasteiger partial charge in [-0.25, -0.2) is 17.2 Å². The van der Waals surface area contributed by atoms with Crippen molar-refractivity contribution in [2.24, 2.45) is 0 Å². The highest BCUT2D eigenvalue weighted by atomic mass is 32.2. The highest BCUT2D eigenvalue weighted by Crippen LogP contribution is 2.37. The third-order valence-corrected chi connectivity index (χ3v) is 7.29. The molecule has 0 saturated carbocycles. The molecule has 2 aliphatic rings. The van der Waals surface area contributed by atoms with Crippen molar-refractivity contribution in [2.75, 3.05) is 39.5 Å². The number of ether oxygens (including phenoxy) is 3. The summed E-state index contributed by atoms with van der Waals surface area (Å²) in [5.74, 6) is -2.24. The maximum atomic E-state index is 13.5. The Kier molecular flexibility index (Phi) is 7.03. The van der Waals surface area contributed by atoms with Gasteiger partial charge in [-0.2, -0.15) is 4.31 Å². The first kappa shape index (κ1) is 21.6. The maximum absolute atomic E-state index is 13.5. The number of piperidine rings is 1. The van der Waals surface area contributed by atoms with Crippen LogP contribution in [0.4, 0.5) is 8.78 Å². The molecule has 0 amide bonds. The van der Waals surface area contributed by atoms with Gasteiger partial charge in [0.05, 0.1) is 29.8 Å². The molecule has 0 radical (unpaired) electrons. The predicted octanol–water partition coefficient (Wildman–Crippen LogP) is 2.72. The van der Waals surface area contributed by atoms with E-state index < -0.39 is 27.3 Å². The quantitative estimate of drug-likeness (QED) is 0.636. The number of sulfonamides is 1. The zero-order valence-corrected chi connectivity index (χ0v) is 16.8. The Balaban J connectivity index is 1.59. The Labute approximate surface area is 164 Å².